The van der Waals surface area contributed by atoms with Crippen LogP contribution in [-0.4, -0.2) is 32.9 Å². The summed E-state index contributed by atoms with van der Waals surface area (Å²) in [6.45, 7) is 7.20. The van der Waals surface area contributed by atoms with Crippen molar-refractivity contribution in [3.63, 3.8) is 0 Å². The van der Waals surface area contributed by atoms with E-state index in [1.807, 2.05) is 32.0 Å². The topological polar surface area (TPSA) is 102 Å². The van der Waals surface area contributed by atoms with Gasteiger partial charge in [0.15, 0.2) is 6.10 Å². The largest absolute Gasteiger partial charge is 0.449 e. The summed E-state index contributed by atoms with van der Waals surface area (Å²) < 4.78 is 31.4. The molecule has 2 aromatic rings. The molecule has 2 N–H and O–H groups in total. The Morgan fingerprint density at radius 2 is 1.71 bits per heavy atom. The predicted molar refractivity (Wildman–Crippen MR) is 107 cm³/mol. The van der Waals surface area contributed by atoms with Crippen molar-refractivity contribution in [1.82, 2.24) is 4.72 Å². The summed E-state index contributed by atoms with van der Waals surface area (Å²) in [6.07, 6.45) is -1.02. The van der Waals surface area contributed by atoms with Crippen molar-refractivity contribution < 1.29 is 22.7 Å². The van der Waals surface area contributed by atoms with Crippen molar-refractivity contribution in [1.29, 1.82) is 0 Å². The highest BCUT2D eigenvalue weighted by Gasteiger charge is 2.20. The van der Waals surface area contributed by atoms with Crippen LogP contribution in [0.15, 0.2) is 47.4 Å². The molecule has 28 heavy (non-hydrogen) atoms. The molecule has 0 heterocycles. The lowest BCUT2D eigenvalue weighted by molar-refractivity contribution is -0.123. The average molecular weight is 404 g/mol. The number of esters is 1. The minimum atomic E-state index is -3.60. The Kier molecular flexibility index (Phi) is 6.93. The highest BCUT2D eigenvalue weighted by atomic mass is 32.2. The van der Waals surface area contributed by atoms with Crippen molar-refractivity contribution in [2.45, 2.75) is 38.7 Å². The fourth-order valence-electron chi connectivity index (χ4n) is 2.43. The number of anilines is 1. The first kappa shape index (κ1) is 21.6. The van der Waals surface area contributed by atoms with E-state index in [1.54, 1.807) is 6.92 Å². The lowest BCUT2D eigenvalue weighted by Crippen LogP contribution is -2.30. The number of amides is 1. The Morgan fingerprint density at radius 1 is 1.07 bits per heavy atom. The Labute approximate surface area is 165 Å². The molecule has 0 aliphatic carbocycles. The first-order chi connectivity index (χ1) is 13.1. The van der Waals surface area contributed by atoms with Crippen molar-refractivity contribution in [3.8, 4) is 0 Å². The third-order valence-corrected chi connectivity index (χ3v) is 5.60. The Balaban J connectivity index is 2.03. The summed E-state index contributed by atoms with van der Waals surface area (Å²) in [5, 5.41) is 2.75. The first-order valence-corrected chi connectivity index (χ1v) is 10.3. The van der Waals surface area contributed by atoms with Crippen LogP contribution in [0.2, 0.25) is 0 Å². The maximum atomic E-state index is 12.3. The van der Waals surface area contributed by atoms with Crippen LogP contribution in [0.1, 0.15) is 35.3 Å². The molecule has 0 saturated carbocycles. The van der Waals surface area contributed by atoms with Gasteiger partial charge < -0.3 is 10.1 Å². The van der Waals surface area contributed by atoms with E-state index in [9.17, 15) is 18.0 Å². The highest BCUT2D eigenvalue weighted by molar-refractivity contribution is 7.89. The second-order valence-electron chi connectivity index (χ2n) is 6.38. The molecule has 0 aliphatic heterocycles. The summed E-state index contributed by atoms with van der Waals surface area (Å²) >= 11 is 0. The first-order valence-electron chi connectivity index (χ1n) is 8.83. The molecule has 1 amide bonds. The zero-order valence-electron chi connectivity index (χ0n) is 16.3. The van der Waals surface area contributed by atoms with Gasteiger partial charge in [0.25, 0.3) is 5.91 Å². The van der Waals surface area contributed by atoms with Crippen LogP contribution in [0.5, 0.6) is 0 Å². The van der Waals surface area contributed by atoms with Crippen LogP contribution in [0.25, 0.3) is 0 Å². The van der Waals surface area contributed by atoms with Gasteiger partial charge in [-0.2, -0.15) is 0 Å². The SMILES string of the molecule is CCNS(=O)(=O)c1ccc(C(=O)OC(C)C(=O)Nc2cc(C)ccc2C)cc1. The fourth-order valence-corrected chi connectivity index (χ4v) is 3.47. The van der Waals surface area contributed by atoms with E-state index >= 15 is 0 Å². The van der Waals surface area contributed by atoms with Gasteiger partial charge >= 0.3 is 5.97 Å². The average Bonchev–Trinajstić information content (AvgIpc) is 2.64. The van der Waals surface area contributed by atoms with Gasteiger partial charge in [0, 0.05) is 12.2 Å². The molecule has 0 aromatic heterocycles. The number of carbonyl (C=O) groups excluding carboxylic acids is 2. The van der Waals surface area contributed by atoms with Gasteiger partial charge in [0.05, 0.1) is 10.5 Å². The quantitative estimate of drug-likeness (QED) is 0.691. The lowest BCUT2D eigenvalue weighted by atomic mass is 10.1. The maximum Gasteiger partial charge on any atom is 0.338 e. The molecular formula is C20H24N2O5S. The standard InChI is InChI=1S/C20H24N2O5S/c1-5-21-28(25,26)17-10-8-16(9-11-17)20(24)27-15(4)19(23)22-18-12-13(2)6-7-14(18)3/h6-12,15,21H,5H2,1-4H3,(H,22,23). The molecular weight excluding hydrogens is 380 g/mol. The van der Waals surface area contributed by atoms with E-state index in [0.29, 0.717) is 5.69 Å². The van der Waals surface area contributed by atoms with Gasteiger partial charge in [0.1, 0.15) is 0 Å². The summed E-state index contributed by atoms with van der Waals surface area (Å²) in [6, 6.07) is 11.0. The Morgan fingerprint density at radius 3 is 2.32 bits per heavy atom. The molecule has 0 spiro atoms. The molecule has 0 bridgehead atoms. The number of aryl methyl sites for hydroxylation is 2. The number of carbonyl (C=O) groups is 2. The number of sulfonamides is 1. The zero-order valence-corrected chi connectivity index (χ0v) is 17.1. The van der Waals surface area contributed by atoms with Crippen LogP contribution < -0.4 is 10.0 Å². The van der Waals surface area contributed by atoms with Crippen LogP contribution >= 0.6 is 0 Å². The Hall–Kier alpha value is -2.71. The Bertz CT molecular complexity index is 969. The normalized spacial score (nSPS) is 12.3. The van der Waals surface area contributed by atoms with Crippen molar-refractivity contribution in [2.24, 2.45) is 0 Å². The van der Waals surface area contributed by atoms with Crippen molar-refractivity contribution >= 4 is 27.6 Å². The number of hydrogen-bond acceptors (Lipinski definition) is 5. The molecule has 2 rings (SSSR count). The molecule has 0 saturated heterocycles. The van der Waals surface area contributed by atoms with Crippen molar-refractivity contribution in [2.75, 3.05) is 11.9 Å². The summed E-state index contributed by atoms with van der Waals surface area (Å²) in [5.41, 5.74) is 2.71. The summed E-state index contributed by atoms with van der Waals surface area (Å²) in [4.78, 5) is 24.6. The molecule has 7 nitrogen and oxygen atoms in total. The number of rotatable bonds is 7. The highest BCUT2D eigenvalue weighted by Crippen LogP contribution is 2.17. The van der Waals surface area contributed by atoms with Gasteiger partial charge in [-0.1, -0.05) is 19.1 Å². The molecule has 0 fully saturated rings. The van der Waals surface area contributed by atoms with Crippen LogP contribution in [-0.2, 0) is 19.6 Å². The predicted octanol–water partition coefficient (Wildman–Crippen LogP) is 2.79. The van der Waals surface area contributed by atoms with Gasteiger partial charge in [-0.15, -0.1) is 0 Å². The van der Waals surface area contributed by atoms with E-state index < -0.39 is 28.0 Å². The molecule has 0 radical (unpaired) electrons. The van der Waals surface area contributed by atoms with Crippen LogP contribution in [0, 0.1) is 13.8 Å². The third-order valence-electron chi connectivity index (χ3n) is 4.04. The molecule has 8 heteroatoms. The lowest BCUT2D eigenvalue weighted by Gasteiger charge is -2.15. The van der Waals surface area contributed by atoms with Crippen LogP contribution in [0.4, 0.5) is 5.69 Å². The molecule has 0 aliphatic rings. The molecule has 1 atom stereocenters. The second kappa shape index (κ2) is 8.99. The van der Waals surface area contributed by atoms with Crippen molar-refractivity contribution in [3.05, 3.63) is 59.2 Å². The van der Waals surface area contributed by atoms with E-state index in [1.165, 1.54) is 31.2 Å². The minimum absolute atomic E-state index is 0.0478. The number of ether oxygens (including phenoxy) is 1. The van der Waals surface area contributed by atoms with Crippen LogP contribution in [0.3, 0.4) is 0 Å². The minimum Gasteiger partial charge on any atom is -0.449 e. The summed E-state index contributed by atoms with van der Waals surface area (Å²) in [5.74, 6) is -1.16. The van der Waals surface area contributed by atoms with Gasteiger partial charge in [-0.05, 0) is 62.2 Å². The smallest absolute Gasteiger partial charge is 0.338 e. The maximum absolute atomic E-state index is 12.3. The van der Waals surface area contributed by atoms with E-state index in [-0.39, 0.29) is 17.0 Å². The molecule has 1 unspecified atom stereocenters. The van der Waals surface area contributed by atoms with Gasteiger partial charge in [-0.3, -0.25) is 4.79 Å². The second-order valence-corrected chi connectivity index (χ2v) is 8.15. The van der Waals surface area contributed by atoms with E-state index in [0.717, 1.165) is 11.1 Å². The molecule has 2 aromatic carbocycles. The summed E-state index contributed by atoms with van der Waals surface area (Å²) in [7, 11) is -3.60. The number of hydrogen-bond donors (Lipinski definition) is 2. The van der Waals surface area contributed by atoms with E-state index in [4.69, 9.17) is 4.74 Å². The third kappa shape index (κ3) is 5.40. The fraction of sp³-hybridized carbons (Fsp3) is 0.300. The monoisotopic (exact) mass is 404 g/mol. The van der Waals surface area contributed by atoms with E-state index in [2.05, 4.69) is 10.0 Å². The number of benzene rings is 2. The van der Waals surface area contributed by atoms with Gasteiger partial charge in [-0.25, -0.2) is 17.9 Å². The molecule has 150 valence electrons. The van der Waals surface area contributed by atoms with Gasteiger partial charge in [0.2, 0.25) is 10.0 Å². The number of nitrogens with one attached hydrogen (secondary N) is 2. The zero-order chi connectivity index (χ0) is 20.9.